The lowest BCUT2D eigenvalue weighted by molar-refractivity contribution is 0.481. The lowest BCUT2D eigenvalue weighted by atomic mass is 10.2. The van der Waals surface area contributed by atoms with Crippen molar-refractivity contribution in [3.63, 3.8) is 0 Å². The highest BCUT2D eigenvalue weighted by Crippen LogP contribution is 2.33. The third-order valence-electron chi connectivity index (χ3n) is 2.82. The van der Waals surface area contributed by atoms with Crippen LogP contribution in [-0.2, 0) is 0 Å². The number of hydrogen-bond donors (Lipinski definition) is 0. The Morgan fingerprint density at radius 2 is 1.89 bits per heavy atom. The molecule has 0 N–H and O–H groups in total. The Labute approximate surface area is 119 Å². The van der Waals surface area contributed by atoms with E-state index >= 15 is 0 Å². The molecule has 4 heteroatoms. The van der Waals surface area contributed by atoms with E-state index in [1.165, 1.54) is 5.56 Å². The van der Waals surface area contributed by atoms with Gasteiger partial charge in [-0.15, -0.1) is 0 Å². The summed E-state index contributed by atoms with van der Waals surface area (Å²) in [5.74, 6) is 1.47. The van der Waals surface area contributed by atoms with Gasteiger partial charge < -0.3 is 4.74 Å². The number of ether oxygens (including phenoxy) is 1. The van der Waals surface area contributed by atoms with Crippen molar-refractivity contribution < 1.29 is 4.74 Å². The maximum absolute atomic E-state index is 5.93. The van der Waals surface area contributed by atoms with Gasteiger partial charge in [-0.2, -0.15) is 10.2 Å². The fourth-order valence-electron chi connectivity index (χ4n) is 1.87. The maximum Gasteiger partial charge on any atom is 0.157 e. The molecular formula is C15H11BrN2O. The molecule has 3 aromatic rings. The van der Waals surface area contributed by atoms with Crippen LogP contribution >= 0.6 is 15.9 Å². The standard InChI is InChI=1S/C15H11BrN2O/c1-10-6-7-14(12(16)8-10)19-15-9-17-18-13-5-3-2-4-11(13)15/h2-9H,1H3. The van der Waals surface area contributed by atoms with Crippen LogP contribution < -0.4 is 4.74 Å². The first-order valence-electron chi connectivity index (χ1n) is 5.88. The average Bonchev–Trinajstić information content (AvgIpc) is 2.42. The SMILES string of the molecule is Cc1ccc(Oc2cnnc3ccccc23)c(Br)c1. The van der Waals surface area contributed by atoms with Gasteiger partial charge in [-0.25, -0.2) is 0 Å². The molecule has 0 amide bonds. The van der Waals surface area contributed by atoms with Crippen molar-refractivity contribution in [2.45, 2.75) is 6.92 Å². The molecule has 0 bridgehead atoms. The average molecular weight is 315 g/mol. The normalized spacial score (nSPS) is 10.6. The monoisotopic (exact) mass is 314 g/mol. The van der Waals surface area contributed by atoms with Crippen LogP contribution in [0.3, 0.4) is 0 Å². The number of benzene rings is 2. The first-order chi connectivity index (χ1) is 9.24. The van der Waals surface area contributed by atoms with Crippen LogP contribution in [0, 0.1) is 6.92 Å². The van der Waals surface area contributed by atoms with Gasteiger partial charge in [-0.05, 0) is 52.7 Å². The van der Waals surface area contributed by atoms with Crippen molar-refractivity contribution in [2.75, 3.05) is 0 Å². The Balaban J connectivity index is 2.06. The predicted octanol–water partition coefficient (Wildman–Crippen LogP) is 4.49. The van der Waals surface area contributed by atoms with Gasteiger partial charge in [0.15, 0.2) is 5.75 Å². The fourth-order valence-corrected chi connectivity index (χ4v) is 2.44. The van der Waals surface area contributed by atoms with Gasteiger partial charge in [0.25, 0.3) is 0 Å². The molecule has 0 atom stereocenters. The van der Waals surface area contributed by atoms with Crippen LogP contribution in [0.5, 0.6) is 11.5 Å². The number of aromatic nitrogens is 2. The third kappa shape index (κ3) is 2.44. The molecule has 0 aliphatic carbocycles. The first-order valence-corrected chi connectivity index (χ1v) is 6.68. The van der Waals surface area contributed by atoms with Crippen LogP contribution in [-0.4, -0.2) is 10.2 Å². The summed E-state index contributed by atoms with van der Waals surface area (Å²) < 4.78 is 6.85. The van der Waals surface area contributed by atoms with E-state index in [1.54, 1.807) is 6.20 Å². The maximum atomic E-state index is 5.93. The fraction of sp³-hybridized carbons (Fsp3) is 0.0667. The molecule has 19 heavy (non-hydrogen) atoms. The zero-order chi connectivity index (χ0) is 13.2. The van der Waals surface area contributed by atoms with Crippen LogP contribution in [0.1, 0.15) is 5.56 Å². The van der Waals surface area contributed by atoms with Crippen molar-refractivity contribution in [2.24, 2.45) is 0 Å². The van der Waals surface area contributed by atoms with Gasteiger partial charge in [0.1, 0.15) is 5.75 Å². The number of nitrogens with zero attached hydrogens (tertiary/aromatic N) is 2. The lowest BCUT2D eigenvalue weighted by Gasteiger charge is -2.09. The van der Waals surface area contributed by atoms with E-state index in [1.807, 2.05) is 49.4 Å². The first kappa shape index (κ1) is 12.1. The Morgan fingerprint density at radius 1 is 1.05 bits per heavy atom. The van der Waals surface area contributed by atoms with E-state index < -0.39 is 0 Å². The summed E-state index contributed by atoms with van der Waals surface area (Å²) in [6, 6.07) is 13.8. The van der Waals surface area contributed by atoms with Gasteiger partial charge in [-0.1, -0.05) is 18.2 Å². The largest absolute Gasteiger partial charge is 0.454 e. The number of hydrogen-bond acceptors (Lipinski definition) is 3. The molecule has 0 radical (unpaired) electrons. The summed E-state index contributed by atoms with van der Waals surface area (Å²) in [5, 5.41) is 8.99. The minimum absolute atomic E-state index is 0.704. The zero-order valence-electron chi connectivity index (χ0n) is 10.3. The van der Waals surface area contributed by atoms with Crippen molar-refractivity contribution in [3.05, 3.63) is 58.7 Å². The molecule has 94 valence electrons. The molecule has 3 nitrogen and oxygen atoms in total. The molecular weight excluding hydrogens is 304 g/mol. The number of aryl methyl sites for hydroxylation is 1. The molecule has 0 aliphatic heterocycles. The molecule has 0 saturated carbocycles. The molecule has 0 aliphatic rings. The third-order valence-corrected chi connectivity index (χ3v) is 3.44. The molecule has 0 spiro atoms. The van der Waals surface area contributed by atoms with Gasteiger partial charge in [0.2, 0.25) is 0 Å². The summed E-state index contributed by atoms with van der Waals surface area (Å²) in [6.07, 6.45) is 1.63. The molecule has 0 fully saturated rings. The summed E-state index contributed by atoms with van der Waals surface area (Å²) in [4.78, 5) is 0. The molecule has 2 aromatic carbocycles. The summed E-state index contributed by atoms with van der Waals surface area (Å²) in [5.41, 5.74) is 2.00. The van der Waals surface area contributed by atoms with Crippen LogP contribution in [0.15, 0.2) is 53.1 Å². The predicted molar refractivity (Wildman–Crippen MR) is 78.5 cm³/mol. The van der Waals surface area contributed by atoms with Gasteiger partial charge in [-0.3, -0.25) is 0 Å². The Bertz CT molecular complexity index is 738. The second-order valence-corrected chi connectivity index (χ2v) is 5.12. The summed E-state index contributed by atoms with van der Waals surface area (Å²) in [7, 11) is 0. The zero-order valence-corrected chi connectivity index (χ0v) is 11.9. The van der Waals surface area contributed by atoms with Crippen molar-refractivity contribution in [1.82, 2.24) is 10.2 Å². The van der Waals surface area contributed by atoms with Crippen molar-refractivity contribution in [3.8, 4) is 11.5 Å². The van der Waals surface area contributed by atoms with Crippen LogP contribution in [0.2, 0.25) is 0 Å². The molecule has 1 heterocycles. The van der Waals surface area contributed by atoms with E-state index in [-0.39, 0.29) is 0 Å². The van der Waals surface area contributed by atoms with E-state index in [0.29, 0.717) is 5.75 Å². The van der Waals surface area contributed by atoms with Crippen LogP contribution in [0.4, 0.5) is 0 Å². The molecule has 0 unspecified atom stereocenters. The Kier molecular flexibility index (Phi) is 3.17. The molecule has 1 aromatic heterocycles. The highest BCUT2D eigenvalue weighted by atomic mass is 79.9. The minimum atomic E-state index is 0.704. The second kappa shape index (κ2) is 4.97. The van der Waals surface area contributed by atoms with Crippen molar-refractivity contribution in [1.29, 1.82) is 0 Å². The van der Waals surface area contributed by atoms with Crippen molar-refractivity contribution >= 4 is 26.8 Å². The molecule has 3 rings (SSSR count). The van der Waals surface area contributed by atoms with E-state index in [0.717, 1.165) is 21.1 Å². The highest BCUT2D eigenvalue weighted by molar-refractivity contribution is 9.10. The smallest absolute Gasteiger partial charge is 0.157 e. The molecule has 0 saturated heterocycles. The number of fused-ring (bicyclic) bond motifs is 1. The van der Waals surface area contributed by atoms with E-state index in [9.17, 15) is 0 Å². The topological polar surface area (TPSA) is 35.0 Å². The Hall–Kier alpha value is -1.94. The van der Waals surface area contributed by atoms with Gasteiger partial charge in [0, 0.05) is 5.39 Å². The second-order valence-electron chi connectivity index (χ2n) is 4.26. The van der Waals surface area contributed by atoms with Gasteiger partial charge in [0.05, 0.1) is 16.2 Å². The minimum Gasteiger partial charge on any atom is -0.454 e. The lowest BCUT2D eigenvalue weighted by Crippen LogP contribution is -1.91. The highest BCUT2D eigenvalue weighted by Gasteiger charge is 2.07. The summed E-state index contributed by atoms with van der Waals surface area (Å²) in [6.45, 7) is 2.04. The number of rotatable bonds is 2. The van der Waals surface area contributed by atoms with Gasteiger partial charge >= 0.3 is 0 Å². The number of halogens is 1. The van der Waals surface area contributed by atoms with E-state index in [2.05, 4.69) is 26.1 Å². The van der Waals surface area contributed by atoms with E-state index in [4.69, 9.17) is 4.74 Å². The Morgan fingerprint density at radius 3 is 2.74 bits per heavy atom. The summed E-state index contributed by atoms with van der Waals surface area (Å²) >= 11 is 3.51. The quantitative estimate of drug-likeness (QED) is 0.699. The van der Waals surface area contributed by atoms with Crippen LogP contribution in [0.25, 0.3) is 10.9 Å².